The molecular formula is C18H17N3. The van der Waals surface area contributed by atoms with Crippen LogP contribution in [-0.2, 0) is 6.54 Å². The van der Waals surface area contributed by atoms with Gasteiger partial charge in [0.25, 0.3) is 0 Å². The Morgan fingerprint density at radius 2 is 1.48 bits per heavy atom. The minimum absolute atomic E-state index is 0.673. The number of para-hydroxylation sites is 1. The van der Waals surface area contributed by atoms with Crippen LogP contribution in [0.2, 0.25) is 0 Å². The summed E-state index contributed by atoms with van der Waals surface area (Å²) in [5, 5.41) is 0. The maximum absolute atomic E-state index is 5.74. The van der Waals surface area contributed by atoms with Crippen LogP contribution in [0.15, 0.2) is 79.0 Å². The summed E-state index contributed by atoms with van der Waals surface area (Å²) in [6, 6.07) is 24.4. The highest BCUT2D eigenvalue weighted by molar-refractivity contribution is 5.61. The van der Waals surface area contributed by atoms with Gasteiger partial charge in [0.2, 0.25) is 0 Å². The molecule has 0 radical (unpaired) electrons. The van der Waals surface area contributed by atoms with E-state index < -0.39 is 0 Å². The molecule has 3 aromatic rings. The number of nitrogens with two attached hydrogens (primary N) is 1. The smallest absolute Gasteiger partial charge is 0.133 e. The maximum atomic E-state index is 5.74. The molecule has 1 heterocycles. The van der Waals surface area contributed by atoms with Crippen molar-refractivity contribution in [2.24, 2.45) is 0 Å². The predicted molar refractivity (Wildman–Crippen MR) is 87.4 cm³/mol. The van der Waals surface area contributed by atoms with E-state index in [1.807, 2.05) is 36.4 Å². The lowest BCUT2D eigenvalue weighted by Crippen LogP contribution is -2.17. The zero-order chi connectivity index (χ0) is 14.5. The Morgan fingerprint density at radius 1 is 0.810 bits per heavy atom. The van der Waals surface area contributed by atoms with Gasteiger partial charge in [-0.2, -0.15) is 0 Å². The number of hydrogen-bond donors (Lipinski definition) is 1. The molecule has 2 aromatic carbocycles. The van der Waals surface area contributed by atoms with E-state index in [1.54, 1.807) is 6.20 Å². The maximum Gasteiger partial charge on any atom is 0.133 e. The van der Waals surface area contributed by atoms with Gasteiger partial charge in [-0.25, -0.2) is 4.98 Å². The molecule has 0 aliphatic carbocycles. The minimum atomic E-state index is 0.673. The van der Waals surface area contributed by atoms with E-state index in [4.69, 9.17) is 5.73 Å². The van der Waals surface area contributed by atoms with Gasteiger partial charge in [0.05, 0.1) is 11.9 Å². The second-order valence-corrected chi connectivity index (χ2v) is 4.86. The summed E-state index contributed by atoms with van der Waals surface area (Å²) in [6.07, 6.45) is 1.69. The lowest BCUT2D eigenvalue weighted by atomic mass is 10.2. The third kappa shape index (κ3) is 3.20. The number of rotatable bonds is 4. The van der Waals surface area contributed by atoms with Crippen molar-refractivity contribution >= 4 is 17.2 Å². The summed E-state index contributed by atoms with van der Waals surface area (Å²) < 4.78 is 0. The number of aromatic nitrogens is 1. The molecule has 0 fully saturated rings. The number of benzene rings is 2. The Labute approximate surface area is 124 Å². The standard InChI is InChI=1S/C18H17N3/c19-16-11-12-18(20-13-16)21(17-9-5-2-6-10-17)14-15-7-3-1-4-8-15/h1-13H,14,19H2. The van der Waals surface area contributed by atoms with E-state index in [9.17, 15) is 0 Å². The van der Waals surface area contributed by atoms with Gasteiger partial charge < -0.3 is 10.6 Å². The summed E-state index contributed by atoms with van der Waals surface area (Å²) in [4.78, 5) is 6.63. The van der Waals surface area contributed by atoms with Crippen LogP contribution < -0.4 is 10.6 Å². The molecule has 0 saturated carbocycles. The number of pyridine rings is 1. The zero-order valence-electron chi connectivity index (χ0n) is 11.7. The first-order valence-corrected chi connectivity index (χ1v) is 6.91. The number of nitrogens with zero attached hydrogens (tertiary/aromatic N) is 2. The topological polar surface area (TPSA) is 42.1 Å². The fourth-order valence-corrected chi connectivity index (χ4v) is 2.24. The van der Waals surface area contributed by atoms with Gasteiger partial charge in [-0.05, 0) is 29.8 Å². The molecule has 21 heavy (non-hydrogen) atoms. The van der Waals surface area contributed by atoms with Crippen molar-refractivity contribution in [2.75, 3.05) is 10.6 Å². The number of nitrogen functional groups attached to an aromatic ring is 1. The Kier molecular flexibility index (Phi) is 3.83. The van der Waals surface area contributed by atoms with Crippen LogP contribution in [0.5, 0.6) is 0 Å². The van der Waals surface area contributed by atoms with E-state index in [2.05, 4.69) is 46.3 Å². The Hall–Kier alpha value is -2.81. The lowest BCUT2D eigenvalue weighted by molar-refractivity contribution is 0.948. The number of anilines is 3. The van der Waals surface area contributed by atoms with Crippen LogP contribution in [0.4, 0.5) is 17.2 Å². The average Bonchev–Trinajstić information content (AvgIpc) is 2.55. The van der Waals surface area contributed by atoms with Crippen LogP contribution >= 0.6 is 0 Å². The highest BCUT2D eigenvalue weighted by atomic mass is 15.2. The fourth-order valence-electron chi connectivity index (χ4n) is 2.24. The van der Waals surface area contributed by atoms with Crippen molar-refractivity contribution in [3.8, 4) is 0 Å². The van der Waals surface area contributed by atoms with Crippen LogP contribution in [0.3, 0.4) is 0 Å². The summed E-state index contributed by atoms with van der Waals surface area (Å²) >= 11 is 0. The summed E-state index contributed by atoms with van der Waals surface area (Å²) in [5.41, 5.74) is 8.76. The van der Waals surface area contributed by atoms with Gasteiger partial charge in [0.1, 0.15) is 5.82 Å². The molecule has 0 aliphatic rings. The normalized spacial score (nSPS) is 10.3. The molecule has 0 bridgehead atoms. The third-order valence-electron chi connectivity index (χ3n) is 3.30. The van der Waals surface area contributed by atoms with Crippen molar-refractivity contribution in [1.82, 2.24) is 4.98 Å². The highest BCUT2D eigenvalue weighted by Crippen LogP contribution is 2.25. The van der Waals surface area contributed by atoms with E-state index in [1.165, 1.54) is 5.56 Å². The average molecular weight is 275 g/mol. The molecular weight excluding hydrogens is 258 g/mol. The second kappa shape index (κ2) is 6.09. The first-order valence-electron chi connectivity index (χ1n) is 6.91. The largest absolute Gasteiger partial charge is 0.397 e. The quantitative estimate of drug-likeness (QED) is 0.782. The van der Waals surface area contributed by atoms with Crippen molar-refractivity contribution in [3.05, 3.63) is 84.6 Å². The van der Waals surface area contributed by atoms with Crippen LogP contribution in [0.1, 0.15) is 5.56 Å². The van der Waals surface area contributed by atoms with Gasteiger partial charge in [-0.1, -0.05) is 48.5 Å². The third-order valence-corrected chi connectivity index (χ3v) is 3.30. The van der Waals surface area contributed by atoms with Crippen molar-refractivity contribution in [1.29, 1.82) is 0 Å². The molecule has 0 amide bonds. The predicted octanol–water partition coefficient (Wildman–Crippen LogP) is 4.00. The van der Waals surface area contributed by atoms with E-state index >= 15 is 0 Å². The molecule has 2 N–H and O–H groups in total. The SMILES string of the molecule is Nc1ccc(N(Cc2ccccc2)c2ccccc2)nc1. The summed E-state index contributed by atoms with van der Waals surface area (Å²) in [6.45, 7) is 0.766. The molecule has 0 aliphatic heterocycles. The molecule has 3 heteroatoms. The highest BCUT2D eigenvalue weighted by Gasteiger charge is 2.10. The second-order valence-electron chi connectivity index (χ2n) is 4.86. The molecule has 3 rings (SSSR count). The van der Waals surface area contributed by atoms with Crippen LogP contribution in [-0.4, -0.2) is 4.98 Å². The first kappa shape index (κ1) is 13.2. The minimum Gasteiger partial charge on any atom is -0.397 e. The van der Waals surface area contributed by atoms with Gasteiger partial charge >= 0.3 is 0 Å². The molecule has 0 unspecified atom stereocenters. The molecule has 104 valence electrons. The Bertz CT molecular complexity index is 679. The fraction of sp³-hybridized carbons (Fsp3) is 0.0556. The van der Waals surface area contributed by atoms with Gasteiger partial charge in [0, 0.05) is 12.2 Å². The van der Waals surface area contributed by atoms with E-state index in [0.29, 0.717) is 5.69 Å². The summed E-state index contributed by atoms with van der Waals surface area (Å²) in [5.74, 6) is 0.888. The van der Waals surface area contributed by atoms with Crippen molar-refractivity contribution in [2.45, 2.75) is 6.54 Å². The zero-order valence-corrected chi connectivity index (χ0v) is 11.7. The van der Waals surface area contributed by atoms with Crippen LogP contribution in [0, 0.1) is 0 Å². The van der Waals surface area contributed by atoms with Crippen molar-refractivity contribution in [3.63, 3.8) is 0 Å². The van der Waals surface area contributed by atoms with Crippen molar-refractivity contribution < 1.29 is 0 Å². The molecule has 1 aromatic heterocycles. The Morgan fingerprint density at radius 3 is 2.10 bits per heavy atom. The number of hydrogen-bond acceptors (Lipinski definition) is 3. The lowest BCUT2D eigenvalue weighted by Gasteiger charge is -2.24. The van der Waals surface area contributed by atoms with E-state index in [0.717, 1.165) is 18.1 Å². The van der Waals surface area contributed by atoms with Crippen LogP contribution in [0.25, 0.3) is 0 Å². The molecule has 0 saturated heterocycles. The monoisotopic (exact) mass is 275 g/mol. The van der Waals surface area contributed by atoms with Gasteiger partial charge in [-0.15, -0.1) is 0 Å². The van der Waals surface area contributed by atoms with Gasteiger partial charge in [-0.3, -0.25) is 0 Å². The molecule has 0 spiro atoms. The molecule has 0 atom stereocenters. The first-order chi connectivity index (χ1) is 10.3. The van der Waals surface area contributed by atoms with E-state index in [-0.39, 0.29) is 0 Å². The Balaban J connectivity index is 1.97. The molecule has 3 nitrogen and oxygen atoms in total. The summed E-state index contributed by atoms with van der Waals surface area (Å²) in [7, 11) is 0. The van der Waals surface area contributed by atoms with Gasteiger partial charge in [0.15, 0.2) is 0 Å².